The maximum atomic E-state index is 12.2. The van der Waals surface area contributed by atoms with Gasteiger partial charge >= 0.3 is 0 Å². The lowest BCUT2D eigenvalue weighted by atomic mass is 10.0. The van der Waals surface area contributed by atoms with Crippen molar-refractivity contribution in [1.29, 1.82) is 0 Å². The van der Waals surface area contributed by atoms with Crippen LogP contribution in [0.2, 0.25) is 0 Å². The minimum absolute atomic E-state index is 0. The van der Waals surface area contributed by atoms with E-state index in [9.17, 15) is 9.59 Å². The molecule has 2 fully saturated rings. The van der Waals surface area contributed by atoms with Crippen LogP contribution in [0.3, 0.4) is 0 Å². The quantitative estimate of drug-likeness (QED) is 0.649. The molecule has 2 saturated heterocycles. The molecule has 2 heterocycles. The van der Waals surface area contributed by atoms with E-state index >= 15 is 0 Å². The zero-order valence-electron chi connectivity index (χ0n) is 13.8. The monoisotopic (exact) mass is 349 g/mol. The van der Waals surface area contributed by atoms with Crippen molar-refractivity contribution in [3.63, 3.8) is 0 Å². The van der Waals surface area contributed by atoms with Crippen LogP contribution in [-0.2, 0) is 19.1 Å². The molecular weight excluding hydrogens is 322 g/mol. The van der Waals surface area contributed by atoms with Crippen LogP contribution in [0.4, 0.5) is 0 Å². The number of nitrogens with one attached hydrogen (secondary N) is 1. The molecule has 0 bridgehead atoms. The van der Waals surface area contributed by atoms with E-state index in [1.165, 1.54) is 0 Å². The summed E-state index contributed by atoms with van der Waals surface area (Å²) in [6.45, 7) is 4.92. The molecule has 0 aliphatic carbocycles. The zero-order valence-corrected chi connectivity index (χ0v) is 14.6. The first kappa shape index (κ1) is 20.2. The molecule has 1 atom stereocenters. The number of halogens is 1. The van der Waals surface area contributed by atoms with Crippen LogP contribution in [-0.4, -0.2) is 87.3 Å². The third-order valence-corrected chi connectivity index (χ3v) is 4.21. The van der Waals surface area contributed by atoms with Gasteiger partial charge in [-0.1, -0.05) is 0 Å². The number of carbonyl (C=O) groups excluding carboxylic acids is 2. The largest absolute Gasteiger partial charge is 0.382 e. The molecule has 23 heavy (non-hydrogen) atoms. The average molecular weight is 350 g/mol. The fourth-order valence-electron chi connectivity index (χ4n) is 3.00. The number of methoxy groups -OCH3 is 1. The van der Waals surface area contributed by atoms with Gasteiger partial charge in [0.05, 0.1) is 32.8 Å². The van der Waals surface area contributed by atoms with Crippen LogP contribution >= 0.6 is 12.4 Å². The van der Waals surface area contributed by atoms with Crippen LogP contribution in [0.15, 0.2) is 0 Å². The summed E-state index contributed by atoms with van der Waals surface area (Å²) in [6, 6.07) is 0.168. The zero-order chi connectivity index (χ0) is 15.8. The summed E-state index contributed by atoms with van der Waals surface area (Å²) < 4.78 is 10.2. The third kappa shape index (κ3) is 6.25. The molecule has 2 aliphatic heterocycles. The molecule has 2 aliphatic rings. The molecule has 7 nitrogen and oxygen atoms in total. The second kappa shape index (κ2) is 10.8. The van der Waals surface area contributed by atoms with Crippen molar-refractivity contribution in [1.82, 2.24) is 15.1 Å². The highest BCUT2D eigenvalue weighted by molar-refractivity contribution is 5.85. The Morgan fingerprint density at radius 2 is 2.13 bits per heavy atom. The molecule has 0 aromatic carbocycles. The van der Waals surface area contributed by atoms with Crippen LogP contribution in [0, 0.1) is 0 Å². The Kier molecular flexibility index (Phi) is 9.47. The van der Waals surface area contributed by atoms with Crippen molar-refractivity contribution >= 4 is 24.2 Å². The molecule has 2 rings (SSSR count). The number of carbonyl (C=O) groups is 2. The number of nitrogens with zero attached hydrogens (tertiary/aromatic N) is 2. The highest BCUT2D eigenvalue weighted by Gasteiger charge is 2.31. The number of hydrogen-bond acceptors (Lipinski definition) is 5. The second-order valence-electron chi connectivity index (χ2n) is 5.75. The van der Waals surface area contributed by atoms with Crippen molar-refractivity contribution in [2.24, 2.45) is 0 Å². The first-order chi connectivity index (χ1) is 10.7. The van der Waals surface area contributed by atoms with Crippen molar-refractivity contribution in [3.8, 4) is 0 Å². The van der Waals surface area contributed by atoms with Gasteiger partial charge in [-0.05, 0) is 12.8 Å². The highest BCUT2D eigenvalue weighted by Crippen LogP contribution is 2.17. The van der Waals surface area contributed by atoms with Crippen molar-refractivity contribution < 1.29 is 19.1 Å². The molecule has 0 aromatic rings. The Balaban J connectivity index is 0.00000264. The smallest absolute Gasteiger partial charge is 0.236 e. The number of hydrogen-bond donors (Lipinski definition) is 1. The number of piperidine rings is 1. The van der Waals surface area contributed by atoms with Crippen LogP contribution < -0.4 is 5.32 Å². The second-order valence-corrected chi connectivity index (χ2v) is 5.75. The van der Waals surface area contributed by atoms with Crippen molar-refractivity contribution in [3.05, 3.63) is 0 Å². The fraction of sp³-hybridized carbons (Fsp3) is 0.867. The number of amides is 2. The van der Waals surface area contributed by atoms with Gasteiger partial charge in [-0.2, -0.15) is 0 Å². The number of ether oxygens (including phenoxy) is 2. The molecular formula is C15H28ClN3O4. The first-order valence-corrected chi connectivity index (χ1v) is 8.07. The molecule has 0 aromatic heterocycles. The van der Waals surface area contributed by atoms with Crippen molar-refractivity contribution in [2.45, 2.75) is 25.3 Å². The lowest BCUT2D eigenvalue weighted by molar-refractivity contribution is -0.141. The molecule has 8 heteroatoms. The minimum Gasteiger partial charge on any atom is -0.382 e. The summed E-state index contributed by atoms with van der Waals surface area (Å²) in [5.74, 6) is 0.262. The molecule has 0 radical (unpaired) electrons. The van der Waals surface area contributed by atoms with E-state index < -0.39 is 0 Å². The molecule has 0 spiro atoms. The third-order valence-electron chi connectivity index (χ3n) is 4.21. The number of likely N-dealkylation sites (tertiary alicyclic amines) is 1. The van der Waals surface area contributed by atoms with Crippen LogP contribution in [0.25, 0.3) is 0 Å². The summed E-state index contributed by atoms with van der Waals surface area (Å²) >= 11 is 0. The molecule has 1 N–H and O–H groups in total. The number of piperazine rings is 1. The molecule has 1 unspecified atom stereocenters. The maximum absolute atomic E-state index is 12.2. The van der Waals surface area contributed by atoms with Gasteiger partial charge in [0.2, 0.25) is 11.8 Å². The fourth-order valence-corrected chi connectivity index (χ4v) is 3.00. The van der Waals surface area contributed by atoms with Crippen LogP contribution in [0.1, 0.15) is 19.3 Å². The Bertz CT molecular complexity index is 384. The first-order valence-electron chi connectivity index (χ1n) is 8.07. The summed E-state index contributed by atoms with van der Waals surface area (Å²) in [4.78, 5) is 28.0. The maximum Gasteiger partial charge on any atom is 0.236 e. The number of rotatable bonds is 7. The normalized spacial score (nSPS) is 22.0. The van der Waals surface area contributed by atoms with E-state index in [1.807, 2.05) is 9.80 Å². The van der Waals surface area contributed by atoms with Gasteiger partial charge < -0.3 is 24.6 Å². The summed E-state index contributed by atoms with van der Waals surface area (Å²) in [6.07, 6.45) is 2.34. The van der Waals surface area contributed by atoms with E-state index in [4.69, 9.17) is 9.47 Å². The van der Waals surface area contributed by atoms with Gasteiger partial charge in [0.15, 0.2) is 0 Å². The lowest BCUT2D eigenvalue weighted by Crippen LogP contribution is -2.57. The van der Waals surface area contributed by atoms with Gasteiger partial charge in [0, 0.05) is 39.3 Å². The topological polar surface area (TPSA) is 71.1 Å². The van der Waals surface area contributed by atoms with Gasteiger partial charge in [0.25, 0.3) is 0 Å². The molecule has 2 amide bonds. The lowest BCUT2D eigenvalue weighted by Gasteiger charge is -2.41. The summed E-state index contributed by atoms with van der Waals surface area (Å²) in [7, 11) is 1.62. The minimum atomic E-state index is 0. The molecule has 0 saturated carbocycles. The highest BCUT2D eigenvalue weighted by atomic mass is 35.5. The Hall–Kier alpha value is -0.890. The summed E-state index contributed by atoms with van der Waals surface area (Å²) in [5.41, 5.74) is 0. The van der Waals surface area contributed by atoms with E-state index in [0.29, 0.717) is 39.3 Å². The molecule has 134 valence electrons. The van der Waals surface area contributed by atoms with Gasteiger partial charge in [-0.25, -0.2) is 0 Å². The van der Waals surface area contributed by atoms with Gasteiger partial charge in [-0.15, -0.1) is 12.4 Å². The van der Waals surface area contributed by atoms with Gasteiger partial charge in [0.1, 0.15) is 0 Å². The Labute approximate surface area is 144 Å². The van der Waals surface area contributed by atoms with Crippen LogP contribution in [0.5, 0.6) is 0 Å². The van der Waals surface area contributed by atoms with E-state index in [0.717, 1.165) is 32.5 Å². The Morgan fingerprint density at radius 1 is 1.30 bits per heavy atom. The average Bonchev–Trinajstić information content (AvgIpc) is 2.55. The van der Waals surface area contributed by atoms with Crippen molar-refractivity contribution in [2.75, 3.05) is 59.7 Å². The predicted octanol–water partition coefficient (Wildman–Crippen LogP) is -0.116. The SMILES string of the molecule is COCCOCCC(=O)N1CCCC(N2CCNCC2=O)C1.Cl. The standard InChI is InChI=1S/C15H27N3O4.ClH/c1-21-9-10-22-8-4-14(19)17-6-2-3-13(12-17)18-7-5-16-11-15(18)20;/h13,16H,2-12H2,1H3;1H. The predicted molar refractivity (Wildman–Crippen MR) is 88.7 cm³/mol. The Morgan fingerprint density at radius 3 is 2.87 bits per heavy atom. The van der Waals surface area contributed by atoms with E-state index in [1.54, 1.807) is 7.11 Å². The summed E-state index contributed by atoms with van der Waals surface area (Å²) in [5, 5.41) is 3.08. The van der Waals surface area contributed by atoms with Gasteiger partial charge in [-0.3, -0.25) is 9.59 Å². The van der Waals surface area contributed by atoms with E-state index in [2.05, 4.69) is 5.32 Å². The van der Waals surface area contributed by atoms with E-state index in [-0.39, 0.29) is 30.3 Å².